The van der Waals surface area contributed by atoms with E-state index in [9.17, 15) is 4.79 Å². The Balaban J connectivity index is 1.85. The van der Waals surface area contributed by atoms with E-state index in [0.717, 1.165) is 31.9 Å². The number of anilines is 1. The maximum Gasteiger partial charge on any atom is 0.239 e. The maximum atomic E-state index is 11.5. The van der Waals surface area contributed by atoms with Crippen LogP contribution in [0, 0.1) is 0 Å². The van der Waals surface area contributed by atoms with E-state index in [2.05, 4.69) is 27.7 Å². The lowest BCUT2D eigenvalue weighted by Gasteiger charge is -2.33. The molecule has 0 radical (unpaired) electrons. The van der Waals surface area contributed by atoms with Gasteiger partial charge in [-0.1, -0.05) is 18.2 Å². The van der Waals surface area contributed by atoms with Gasteiger partial charge in [0.05, 0.1) is 19.3 Å². The highest BCUT2D eigenvalue weighted by Gasteiger charge is 2.23. The zero-order valence-electron chi connectivity index (χ0n) is 10.9. The van der Waals surface area contributed by atoms with Gasteiger partial charge in [0.1, 0.15) is 0 Å². The van der Waals surface area contributed by atoms with Crippen LogP contribution in [0.4, 0.5) is 5.69 Å². The third-order valence-electron chi connectivity index (χ3n) is 3.59. The lowest BCUT2D eigenvalue weighted by Crippen LogP contribution is -2.48. The van der Waals surface area contributed by atoms with Gasteiger partial charge in [-0.25, -0.2) is 0 Å². The third kappa shape index (κ3) is 2.72. The van der Waals surface area contributed by atoms with Crippen LogP contribution in [-0.2, 0) is 9.53 Å². The number of rotatable bonds is 2. The largest absolute Gasteiger partial charge is 0.371 e. The fourth-order valence-electron chi connectivity index (χ4n) is 2.66. The minimum absolute atomic E-state index is 0.0786. The first-order valence-electron chi connectivity index (χ1n) is 6.77. The van der Waals surface area contributed by atoms with Crippen molar-refractivity contribution in [2.45, 2.75) is 6.10 Å². The van der Waals surface area contributed by atoms with Crippen molar-refractivity contribution >= 4 is 11.6 Å². The van der Waals surface area contributed by atoms with Gasteiger partial charge in [0.25, 0.3) is 0 Å². The molecule has 102 valence electrons. The van der Waals surface area contributed by atoms with Crippen LogP contribution < -0.4 is 15.5 Å². The number of carbonyl (C=O) groups excluding carboxylic acids is 1. The molecular formula is C14H19N3O2. The molecule has 2 fully saturated rings. The fraction of sp³-hybridized carbons (Fsp3) is 0.500. The molecule has 2 saturated heterocycles. The second kappa shape index (κ2) is 5.59. The van der Waals surface area contributed by atoms with E-state index in [1.807, 2.05) is 12.1 Å². The standard InChI is InChI=1S/C14H19N3O2/c18-14-10-17(7-5-16-14)12-4-2-1-3-11(12)13-9-15-6-8-19-13/h1-4,13,15H,5-10H2,(H,16,18). The van der Waals surface area contributed by atoms with Gasteiger partial charge < -0.3 is 20.3 Å². The van der Waals surface area contributed by atoms with Crippen LogP contribution in [0.2, 0.25) is 0 Å². The van der Waals surface area contributed by atoms with Crippen LogP contribution in [0.3, 0.4) is 0 Å². The van der Waals surface area contributed by atoms with Crippen molar-refractivity contribution in [3.8, 4) is 0 Å². The van der Waals surface area contributed by atoms with Crippen LogP contribution >= 0.6 is 0 Å². The average Bonchev–Trinajstić information content (AvgIpc) is 2.48. The highest BCUT2D eigenvalue weighted by atomic mass is 16.5. The second-order valence-electron chi connectivity index (χ2n) is 4.89. The Morgan fingerprint density at radius 2 is 2.16 bits per heavy atom. The first-order chi connectivity index (χ1) is 9.34. The third-order valence-corrected chi connectivity index (χ3v) is 3.59. The number of carbonyl (C=O) groups is 1. The number of hydrogen-bond acceptors (Lipinski definition) is 4. The van der Waals surface area contributed by atoms with Gasteiger partial charge >= 0.3 is 0 Å². The number of para-hydroxylation sites is 1. The van der Waals surface area contributed by atoms with Crippen molar-refractivity contribution in [3.63, 3.8) is 0 Å². The van der Waals surface area contributed by atoms with Crippen LogP contribution in [-0.4, -0.2) is 45.2 Å². The SMILES string of the molecule is O=C1CN(c2ccccc2C2CNCCO2)CCN1. The second-order valence-corrected chi connectivity index (χ2v) is 4.89. The number of hydrogen-bond donors (Lipinski definition) is 2. The summed E-state index contributed by atoms with van der Waals surface area (Å²) in [4.78, 5) is 13.7. The first-order valence-corrected chi connectivity index (χ1v) is 6.77. The molecule has 1 unspecified atom stereocenters. The van der Waals surface area contributed by atoms with Crippen molar-refractivity contribution in [1.82, 2.24) is 10.6 Å². The quantitative estimate of drug-likeness (QED) is 0.803. The number of nitrogens with one attached hydrogen (secondary N) is 2. The summed E-state index contributed by atoms with van der Waals surface area (Å²) in [6, 6.07) is 8.22. The Bertz CT molecular complexity index is 458. The predicted molar refractivity (Wildman–Crippen MR) is 73.2 cm³/mol. The molecule has 0 saturated carbocycles. The van der Waals surface area contributed by atoms with E-state index in [1.165, 1.54) is 5.56 Å². The molecule has 5 heteroatoms. The maximum absolute atomic E-state index is 11.5. The summed E-state index contributed by atoms with van der Waals surface area (Å²) < 4.78 is 5.83. The Hall–Kier alpha value is -1.59. The molecule has 5 nitrogen and oxygen atoms in total. The van der Waals surface area contributed by atoms with E-state index in [0.29, 0.717) is 13.1 Å². The highest BCUT2D eigenvalue weighted by molar-refractivity contribution is 5.83. The zero-order chi connectivity index (χ0) is 13.1. The van der Waals surface area contributed by atoms with Gasteiger partial charge in [0.2, 0.25) is 5.91 Å². The number of ether oxygens (including phenoxy) is 1. The van der Waals surface area contributed by atoms with Crippen LogP contribution in [0.1, 0.15) is 11.7 Å². The van der Waals surface area contributed by atoms with Gasteiger partial charge in [0, 0.05) is 37.4 Å². The molecule has 2 N–H and O–H groups in total. The van der Waals surface area contributed by atoms with Gasteiger partial charge in [0.15, 0.2) is 0 Å². The number of piperazine rings is 1. The first kappa shape index (κ1) is 12.4. The molecule has 0 aromatic heterocycles. The van der Waals surface area contributed by atoms with Crippen molar-refractivity contribution < 1.29 is 9.53 Å². The minimum Gasteiger partial charge on any atom is -0.371 e. The molecular weight excluding hydrogens is 242 g/mol. The molecule has 1 amide bonds. The lowest BCUT2D eigenvalue weighted by molar-refractivity contribution is -0.120. The molecule has 0 aliphatic carbocycles. The molecule has 19 heavy (non-hydrogen) atoms. The van der Waals surface area contributed by atoms with E-state index < -0.39 is 0 Å². The summed E-state index contributed by atoms with van der Waals surface area (Å²) in [5.74, 6) is 0.0868. The Morgan fingerprint density at radius 3 is 2.95 bits per heavy atom. The minimum atomic E-state index is 0.0786. The lowest BCUT2D eigenvalue weighted by atomic mass is 10.0. The van der Waals surface area contributed by atoms with Crippen molar-refractivity contribution in [1.29, 1.82) is 0 Å². The molecule has 3 rings (SSSR count). The Morgan fingerprint density at radius 1 is 1.26 bits per heavy atom. The molecule has 2 heterocycles. The number of benzene rings is 1. The molecule has 2 aliphatic rings. The monoisotopic (exact) mass is 261 g/mol. The van der Waals surface area contributed by atoms with E-state index >= 15 is 0 Å². The van der Waals surface area contributed by atoms with Gasteiger partial charge in [-0.15, -0.1) is 0 Å². The molecule has 1 aromatic carbocycles. The predicted octanol–water partition coefficient (Wildman–Crippen LogP) is 0.284. The Labute approximate surface area is 112 Å². The summed E-state index contributed by atoms with van der Waals surface area (Å²) in [5, 5.41) is 6.21. The van der Waals surface area contributed by atoms with Crippen LogP contribution in [0.15, 0.2) is 24.3 Å². The molecule has 1 atom stereocenters. The van der Waals surface area contributed by atoms with E-state index in [-0.39, 0.29) is 12.0 Å². The zero-order valence-corrected chi connectivity index (χ0v) is 10.9. The normalized spacial score (nSPS) is 24.1. The highest BCUT2D eigenvalue weighted by Crippen LogP contribution is 2.29. The van der Waals surface area contributed by atoms with E-state index in [1.54, 1.807) is 0 Å². The summed E-state index contributed by atoms with van der Waals surface area (Å²) in [7, 11) is 0. The Kier molecular flexibility index (Phi) is 3.66. The number of nitrogens with zero attached hydrogens (tertiary/aromatic N) is 1. The van der Waals surface area contributed by atoms with Crippen molar-refractivity contribution in [2.75, 3.05) is 44.2 Å². The number of morpholine rings is 1. The van der Waals surface area contributed by atoms with Crippen LogP contribution in [0.25, 0.3) is 0 Å². The molecule has 0 spiro atoms. The van der Waals surface area contributed by atoms with Gasteiger partial charge in [-0.3, -0.25) is 4.79 Å². The summed E-state index contributed by atoms with van der Waals surface area (Å²) in [6.45, 7) is 4.46. The fourth-order valence-corrected chi connectivity index (χ4v) is 2.66. The van der Waals surface area contributed by atoms with Crippen LogP contribution in [0.5, 0.6) is 0 Å². The smallest absolute Gasteiger partial charge is 0.239 e. The van der Waals surface area contributed by atoms with Gasteiger partial charge in [-0.2, -0.15) is 0 Å². The van der Waals surface area contributed by atoms with Crippen molar-refractivity contribution in [3.05, 3.63) is 29.8 Å². The number of amides is 1. The average molecular weight is 261 g/mol. The van der Waals surface area contributed by atoms with E-state index in [4.69, 9.17) is 4.74 Å². The summed E-state index contributed by atoms with van der Waals surface area (Å²) >= 11 is 0. The van der Waals surface area contributed by atoms with Crippen molar-refractivity contribution in [2.24, 2.45) is 0 Å². The molecule has 2 aliphatic heterocycles. The molecule has 0 bridgehead atoms. The van der Waals surface area contributed by atoms with Gasteiger partial charge in [-0.05, 0) is 6.07 Å². The topological polar surface area (TPSA) is 53.6 Å². The molecule has 1 aromatic rings. The summed E-state index contributed by atoms with van der Waals surface area (Å²) in [5.41, 5.74) is 2.29. The summed E-state index contributed by atoms with van der Waals surface area (Å²) in [6.07, 6.45) is 0.0786.